The van der Waals surface area contributed by atoms with E-state index in [4.69, 9.17) is 14.2 Å². The molecule has 0 saturated heterocycles. The Bertz CT molecular complexity index is 1410. The van der Waals surface area contributed by atoms with Crippen molar-refractivity contribution in [3.8, 4) is 0 Å². The van der Waals surface area contributed by atoms with Crippen LogP contribution in [0.2, 0.25) is 0 Å². The van der Waals surface area contributed by atoms with Gasteiger partial charge >= 0.3 is 17.9 Å². The van der Waals surface area contributed by atoms with Crippen molar-refractivity contribution < 1.29 is 28.6 Å². The SMILES string of the molecule is CC/C=C\C/C=C\C/C=C\C/C=C\CCCCCCCCCCCCCCC(=O)OCC(COC(=O)CCCCCCC/C=C\CCCCCC)OC(=O)CCCCCCCCCCCCCCCCCCCCCCCCC. The first-order valence-corrected chi connectivity index (χ1v) is 34.8. The maximum Gasteiger partial charge on any atom is 0.306 e. The first kappa shape index (κ1) is 76.1. The molecule has 6 nitrogen and oxygen atoms in total. The molecule has 0 aliphatic rings. The minimum Gasteiger partial charge on any atom is -0.462 e. The fourth-order valence-electron chi connectivity index (χ4n) is 10.3. The molecule has 1 atom stereocenters. The number of rotatable bonds is 64. The van der Waals surface area contributed by atoms with Gasteiger partial charge in [0.1, 0.15) is 13.2 Å². The lowest BCUT2D eigenvalue weighted by molar-refractivity contribution is -0.167. The van der Waals surface area contributed by atoms with Gasteiger partial charge in [-0.3, -0.25) is 14.4 Å². The molecule has 0 aromatic rings. The third-order valence-corrected chi connectivity index (χ3v) is 15.5. The van der Waals surface area contributed by atoms with Crippen molar-refractivity contribution >= 4 is 17.9 Å². The zero-order valence-corrected chi connectivity index (χ0v) is 52.9. The van der Waals surface area contributed by atoms with E-state index in [0.29, 0.717) is 19.3 Å². The monoisotopic (exact) mass is 1110 g/mol. The molecule has 0 radical (unpaired) electrons. The van der Waals surface area contributed by atoms with E-state index in [0.717, 1.165) is 89.9 Å². The van der Waals surface area contributed by atoms with Crippen LogP contribution in [0.1, 0.15) is 367 Å². The fraction of sp³-hybridized carbons (Fsp3) is 0.822. The molecule has 79 heavy (non-hydrogen) atoms. The molecular weight excluding hydrogens is 973 g/mol. The van der Waals surface area contributed by atoms with Gasteiger partial charge in [-0.05, 0) is 83.5 Å². The minimum absolute atomic E-state index is 0.0737. The summed E-state index contributed by atoms with van der Waals surface area (Å²) in [4.78, 5) is 38.4. The standard InChI is InChI=1S/C73H132O6/c1-4-7-10-13-16-19-22-25-27-29-31-33-35-36-38-39-41-43-45-48-51-54-57-60-63-66-72(75)78-69-70(68-77-71(74)65-62-59-56-53-50-47-24-21-18-15-12-9-6-3)79-73(76)67-64-61-58-55-52-49-46-44-42-40-37-34-32-30-28-26-23-20-17-14-11-8-5-2/h7,10,16,19,21,24-25,27,31,33,70H,4-6,8-9,11-15,17-18,20,22-23,26,28-30,32,34-69H2,1-3H3/b10-7-,19-16-,24-21-,27-25-,33-31-. The zero-order valence-electron chi connectivity index (χ0n) is 52.9. The predicted molar refractivity (Wildman–Crippen MR) is 344 cm³/mol. The summed E-state index contributed by atoms with van der Waals surface area (Å²) < 4.78 is 17.0. The number of unbranched alkanes of at least 4 members (excludes halogenated alkanes) is 43. The second-order valence-electron chi connectivity index (χ2n) is 23.4. The Hall–Kier alpha value is -2.89. The molecule has 0 aliphatic heterocycles. The quantitative estimate of drug-likeness (QED) is 0.0261. The van der Waals surface area contributed by atoms with Crippen molar-refractivity contribution in [2.45, 2.75) is 374 Å². The van der Waals surface area contributed by atoms with Gasteiger partial charge in [0.15, 0.2) is 6.10 Å². The molecule has 0 saturated carbocycles. The van der Waals surface area contributed by atoms with Crippen LogP contribution in [0.3, 0.4) is 0 Å². The average molecular weight is 1110 g/mol. The maximum absolute atomic E-state index is 12.9. The van der Waals surface area contributed by atoms with Crippen LogP contribution >= 0.6 is 0 Å². The summed E-state index contributed by atoms with van der Waals surface area (Å²) in [6.07, 6.45) is 86.7. The van der Waals surface area contributed by atoms with Crippen molar-refractivity contribution in [1.29, 1.82) is 0 Å². The van der Waals surface area contributed by atoms with Crippen molar-refractivity contribution in [2.75, 3.05) is 13.2 Å². The zero-order chi connectivity index (χ0) is 57.1. The van der Waals surface area contributed by atoms with Crippen LogP contribution in [-0.4, -0.2) is 37.2 Å². The van der Waals surface area contributed by atoms with E-state index < -0.39 is 6.10 Å². The largest absolute Gasteiger partial charge is 0.462 e. The van der Waals surface area contributed by atoms with Crippen LogP contribution in [-0.2, 0) is 28.6 Å². The molecule has 1 unspecified atom stereocenters. The summed E-state index contributed by atoms with van der Waals surface area (Å²) in [6.45, 7) is 6.57. The molecule has 6 heteroatoms. The first-order valence-electron chi connectivity index (χ1n) is 34.8. The molecule has 0 aromatic carbocycles. The highest BCUT2D eigenvalue weighted by Crippen LogP contribution is 2.18. The summed E-state index contributed by atoms with van der Waals surface area (Å²) in [5.74, 6) is -0.860. The van der Waals surface area contributed by atoms with Gasteiger partial charge in [-0.1, -0.05) is 326 Å². The summed E-state index contributed by atoms with van der Waals surface area (Å²) in [6, 6.07) is 0. The van der Waals surface area contributed by atoms with E-state index in [1.807, 2.05) is 0 Å². The molecular formula is C73H132O6. The average Bonchev–Trinajstić information content (AvgIpc) is 3.45. The van der Waals surface area contributed by atoms with Crippen molar-refractivity contribution in [1.82, 2.24) is 0 Å². The van der Waals surface area contributed by atoms with Gasteiger partial charge in [0.25, 0.3) is 0 Å². The van der Waals surface area contributed by atoms with Crippen molar-refractivity contribution in [3.63, 3.8) is 0 Å². The minimum atomic E-state index is -0.777. The van der Waals surface area contributed by atoms with E-state index >= 15 is 0 Å². The first-order chi connectivity index (χ1) is 39.0. The topological polar surface area (TPSA) is 78.9 Å². The second-order valence-corrected chi connectivity index (χ2v) is 23.4. The summed E-state index contributed by atoms with van der Waals surface area (Å²) in [5, 5.41) is 0. The number of esters is 3. The normalized spacial score (nSPS) is 12.4. The van der Waals surface area contributed by atoms with Crippen LogP contribution < -0.4 is 0 Å². The third kappa shape index (κ3) is 65.8. The lowest BCUT2D eigenvalue weighted by Gasteiger charge is -2.18. The van der Waals surface area contributed by atoms with Crippen LogP contribution in [0.25, 0.3) is 0 Å². The lowest BCUT2D eigenvalue weighted by Crippen LogP contribution is -2.30. The molecule has 0 aliphatic carbocycles. The van der Waals surface area contributed by atoms with Crippen LogP contribution in [0.5, 0.6) is 0 Å². The maximum atomic E-state index is 12.9. The van der Waals surface area contributed by atoms with Crippen LogP contribution in [0.4, 0.5) is 0 Å². The van der Waals surface area contributed by atoms with E-state index in [1.165, 1.54) is 238 Å². The smallest absolute Gasteiger partial charge is 0.306 e. The Balaban J connectivity index is 4.25. The number of hydrogen-bond donors (Lipinski definition) is 0. The molecule has 0 heterocycles. The van der Waals surface area contributed by atoms with E-state index in [1.54, 1.807) is 0 Å². The number of carbonyl (C=O) groups is 3. The van der Waals surface area contributed by atoms with Gasteiger partial charge in [-0.2, -0.15) is 0 Å². The Morgan fingerprint density at radius 3 is 0.797 bits per heavy atom. The molecule has 0 rings (SSSR count). The van der Waals surface area contributed by atoms with Crippen molar-refractivity contribution in [3.05, 3.63) is 60.8 Å². The van der Waals surface area contributed by atoms with Crippen LogP contribution in [0.15, 0.2) is 60.8 Å². The Morgan fingerprint density at radius 2 is 0.494 bits per heavy atom. The number of hydrogen-bond acceptors (Lipinski definition) is 6. The van der Waals surface area contributed by atoms with Crippen LogP contribution in [0, 0.1) is 0 Å². The fourth-order valence-corrected chi connectivity index (χ4v) is 10.3. The van der Waals surface area contributed by atoms with Gasteiger partial charge in [0.05, 0.1) is 0 Å². The highest BCUT2D eigenvalue weighted by atomic mass is 16.6. The number of ether oxygens (including phenoxy) is 3. The summed E-state index contributed by atoms with van der Waals surface area (Å²) in [5.41, 5.74) is 0. The molecule has 0 spiro atoms. The molecule has 0 bridgehead atoms. The molecule has 0 aromatic heterocycles. The van der Waals surface area contributed by atoms with E-state index in [2.05, 4.69) is 81.5 Å². The molecule has 0 N–H and O–H groups in total. The van der Waals surface area contributed by atoms with Crippen molar-refractivity contribution in [2.24, 2.45) is 0 Å². The highest BCUT2D eigenvalue weighted by Gasteiger charge is 2.19. The van der Waals surface area contributed by atoms with Gasteiger partial charge in [0.2, 0.25) is 0 Å². The molecule has 0 fully saturated rings. The van der Waals surface area contributed by atoms with Gasteiger partial charge in [-0.25, -0.2) is 0 Å². The van der Waals surface area contributed by atoms with Gasteiger partial charge < -0.3 is 14.2 Å². The number of carbonyl (C=O) groups excluding carboxylic acids is 3. The van der Waals surface area contributed by atoms with E-state index in [9.17, 15) is 14.4 Å². The second kappa shape index (κ2) is 67.6. The lowest BCUT2D eigenvalue weighted by atomic mass is 10.0. The molecule has 460 valence electrons. The van der Waals surface area contributed by atoms with Gasteiger partial charge in [-0.15, -0.1) is 0 Å². The summed E-state index contributed by atoms with van der Waals surface area (Å²) in [7, 11) is 0. The Labute approximate surface area is 491 Å². The number of allylic oxidation sites excluding steroid dienone is 10. The third-order valence-electron chi connectivity index (χ3n) is 15.5. The van der Waals surface area contributed by atoms with E-state index in [-0.39, 0.29) is 31.1 Å². The Morgan fingerprint density at radius 1 is 0.266 bits per heavy atom. The predicted octanol–water partition coefficient (Wildman–Crippen LogP) is 23.9. The Kier molecular flexibility index (Phi) is 65.1. The van der Waals surface area contributed by atoms with Gasteiger partial charge in [0, 0.05) is 19.3 Å². The molecule has 0 amide bonds. The highest BCUT2D eigenvalue weighted by molar-refractivity contribution is 5.71. The summed E-state index contributed by atoms with van der Waals surface area (Å²) >= 11 is 0.